The fraction of sp³-hybridized carbons (Fsp3) is 0.300. The molecule has 1 fully saturated rings. The Morgan fingerprint density at radius 2 is 1.74 bits per heavy atom. The Bertz CT molecular complexity index is 1000. The maximum Gasteiger partial charge on any atom is 0.234 e. The number of nitrogens with zero attached hydrogens (tertiary/aromatic N) is 1. The molecule has 2 aromatic carbocycles. The maximum absolute atomic E-state index is 12.8. The van der Waals surface area contributed by atoms with Gasteiger partial charge in [-0.15, -0.1) is 0 Å². The molecule has 0 aliphatic carbocycles. The van der Waals surface area contributed by atoms with Crippen LogP contribution in [-0.2, 0) is 38.5 Å². The van der Waals surface area contributed by atoms with Crippen LogP contribution in [0.2, 0.25) is 0 Å². The number of benzene rings is 2. The lowest BCUT2D eigenvalue weighted by Gasteiger charge is -2.21. The summed E-state index contributed by atoms with van der Waals surface area (Å²) in [5.41, 5.74) is 3.48. The number of hydrogen-bond donors (Lipinski definition) is 1. The van der Waals surface area contributed by atoms with Crippen molar-refractivity contribution in [1.82, 2.24) is 9.62 Å². The second-order valence-corrected chi connectivity index (χ2v) is 9.01. The van der Waals surface area contributed by atoms with E-state index in [0.717, 1.165) is 22.3 Å². The topological polar surface area (TPSA) is 83.6 Å². The predicted molar refractivity (Wildman–Crippen MR) is 99.9 cm³/mol. The van der Waals surface area contributed by atoms with Crippen molar-refractivity contribution >= 4 is 21.8 Å². The fourth-order valence-corrected chi connectivity index (χ4v) is 5.15. The van der Waals surface area contributed by atoms with Crippen LogP contribution < -0.4 is 5.32 Å². The standard InChI is InChI=1S/C20H20N2O4S/c23-19-9-8-18(20(24)21-19)15-6-7-16-11-22(12-17(16)10-15)27(25,26)13-14-4-2-1-3-5-14/h1-7,10,18H,8-9,11-13H2,(H,21,23,24). The molecule has 2 heterocycles. The third-order valence-electron chi connectivity index (χ3n) is 5.15. The average molecular weight is 384 g/mol. The first-order chi connectivity index (χ1) is 12.9. The summed E-state index contributed by atoms with van der Waals surface area (Å²) in [6, 6.07) is 14.8. The number of piperidine rings is 1. The monoisotopic (exact) mass is 384 g/mol. The van der Waals surface area contributed by atoms with Gasteiger partial charge in [-0.1, -0.05) is 48.5 Å². The molecular formula is C20H20N2O4S. The lowest BCUT2D eigenvalue weighted by molar-refractivity contribution is -0.134. The van der Waals surface area contributed by atoms with E-state index in [1.807, 2.05) is 48.5 Å². The Morgan fingerprint density at radius 3 is 2.48 bits per heavy atom. The van der Waals surface area contributed by atoms with Crippen molar-refractivity contribution in [3.8, 4) is 0 Å². The molecule has 2 aromatic rings. The van der Waals surface area contributed by atoms with E-state index in [9.17, 15) is 18.0 Å². The summed E-state index contributed by atoms with van der Waals surface area (Å²) in [6.07, 6.45) is 0.810. The molecule has 7 heteroatoms. The fourth-order valence-electron chi connectivity index (χ4n) is 3.68. The van der Waals surface area contributed by atoms with Crippen molar-refractivity contribution in [2.45, 2.75) is 37.6 Å². The second kappa shape index (κ2) is 6.90. The summed E-state index contributed by atoms with van der Waals surface area (Å²) in [5, 5.41) is 2.37. The zero-order chi connectivity index (χ0) is 19.0. The van der Waals surface area contributed by atoms with Crippen molar-refractivity contribution in [3.05, 3.63) is 70.8 Å². The number of nitrogens with one attached hydrogen (secondary N) is 1. The first-order valence-corrected chi connectivity index (χ1v) is 10.5. The molecule has 140 valence electrons. The zero-order valence-corrected chi connectivity index (χ0v) is 15.5. The highest BCUT2D eigenvalue weighted by atomic mass is 32.2. The number of carbonyl (C=O) groups excluding carboxylic acids is 2. The summed E-state index contributed by atoms with van der Waals surface area (Å²) in [5.74, 6) is -0.904. The number of amides is 2. The van der Waals surface area contributed by atoms with Gasteiger partial charge >= 0.3 is 0 Å². The lowest BCUT2D eigenvalue weighted by atomic mass is 9.89. The van der Waals surface area contributed by atoms with Gasteiger partial charge in [0.05, 0.1) is 11.7 Å². The molecule has 0 saturated carbocycles. The van der Waals surface area contributed by atoms with Crippen molar-refractivity contribution in [2.75, 3.05) is 0 Å². The highest BCUT2D eigenvalue weighted by molar-refractivity contribution is 7.88. The van der Waals surface area contributed by atoms with E-state index in [4.69, 9.17) is 0 Å². The number of rotatable bonds is 4. The van der Waals surface area contributed by atoms with Crippen molar-refractivity contribution in [3.63, 3.8) is 0 Å². The van der Waals surface area contributed by atoms with Gasteiger partial charge in [-0.3, -0.25) is 14.9 Å². The number of hydrogen-bond acceptors (Lipinski definition) is 4. The van der Waals surface area contributed by atoms with E-state index in [2.05, 4.69) is 5.32 Å². The highest BCUT2D eigenvalue weighted by Gasteiger charge is 2.32. The Labute approximate surface area is 158 Å². The van der Waals surface area contributed by atoms with Gasteiger partial charge in [0.25, 0.3) is 0 Å². The SMILES string of the molecule is O=C1CCC(c2ccc3c(c2)CN(S(=O)(=O)Cc2ccccc2)C3)C(=O)N1. The van der Waals surface area contributed by atoms with Crippen LogP contribution in [0.1, 0.15) is 41.0 Å². The van der Waals surface area contributed by atoms with Gasteiger partial charge in [0.15, 0.2) is 0 Å². The summed E-state index contributed by atoms with van der Waals surface area (Å²) >= 11 is 0. The third kappa shape index (κ3) is 3.65. The molecule has 0 spiro atoms. The molecule has 2 aliphatic heterocycles. The second-order valence-electron chi connectivity index (χ2n) is 7.04. The van der Waals surface area contributed by atoms with E-state index in [0.29, 0.717) is 25.9 Å². The van der Waals surface area contributed by atoms with Gasteiger partial charge in [0, 0.05) is 19.5 Å². The molecule has 1 saturated heterocycles. The molecule has 2 aliphatic rings. The van der Waals surface area contributed by atoms with Gasteiger partial charge in [-0.2, -0.15) is 4.31 Å². The Balaban J connectivity index is 1.52. The number of fused-ring (bicyclic) bond motifs is 1. The van der Waals surface area contributed by atoms with E-state index in [1.54, 1.807) is 0 Å². The number of imide groups is 1. The van der Waals surface area contributed by atoms with Crippen LogP contribution in [0.4, 0.5) is 0 Å². The normalized spacial score (nSPS) is 20.4. The van der Waals surface area contributed by atoms with Crippen LogP contribution in [0.25, 0.3) is 0 Å². The van der Waals surface area contributed by atoms with Crippen molar-refractivity contribution < 1.29 is 18.0 Å². The van der Waals surface area contributed by atoms with Crippen LogP contribution in [0.15, 0.2) is 48.5 Å². The molecule has 1 N–H and O–H groups in total. The Morgan fingerprint density at radius 1 is 1.00 bits per heavy atom. The lowest BCUT2D eigenvalue weighted by Crippen LogP contribution is -2.39. The first kappa shape index (κ1) is 17.9. The predicted octanol–water partition coefficient (Wildman–Crippen LogP) is 2.05. The van der Waals surface area contributed by atoms with E-state index in [1.165, 1.54) is 4.31 Å². The van der Waals surface area contributed by atoms with Gasteiger partial charge in [0.1, 0.15) is 0 Å². The van der Waals surface area contributed by atoms with E-state index in [-0.39, 0.29) is 23.5 Å². The molecule has 1 unspecified atom stereocenters. The summed E-state index contributed by atoms with van der Waals surface area (Å²) in [4.78, 5) is 23.4. The zero-order valence-electron chi connectivity index (χ0n) is 14.7. The molecule has 4 rings (SSSR count). The van der Waals surface area contributed by atoms with Crippen LogP contribution in [-0.4, -0.2) is 24.5 Å². The van der Waals surface area contributed by atoms with Crippen molar-refractivity contribution in [2.24, 2.45) is 0 Å². The highest BCUT2D eigenvalue weighted by Crippen LogP contribution is 2.32. The average Bonchev–Trinajstić information content (AvgIpc) is 3.06. The minimum Gasteiger partial charge on any atom is -0.296 e. The Kier molecular flexibility index (Phi) is 4.57. The smallest absolute Gasteiger partial charge is 0.234 e. The maximum atomic E-state index is 12.8. The summed E-state index contributed by atoms with van der Waals surface area (Å²) in [6.45, 7) is 0.658. The molecule has 0 bridgehead atoms. The minimum atomic E-state index is -3.43. The van der Waals surface area contributed by atoms with Crippen LogP contribution in [0.5, 0.6) is 0 Å². The quantitative estimate of drug-likeness (QED) is 0.818. The molecule has 1 atom stereocenters. The van der Waals surface area contributed by atoms with Crippen LogP contribution in [0, 0.1) is 0 Å². The van der Waals surface area contributed by atoms with Gasteiger partial charge in [-0.05, 0) is 28.7 Å². The van der Waals surface area contributed by atoms with E-state index < -0.39 is 10.0 Å². The molecule has 0 aromatic heterocycles. The van der Waals surface area contributed by atoms with Gasteiger partial charge < -0.3 is 0 Å². The largest absolute Gasteiger partial charge is 0.296 e. The number of sulfonamides is 1. The minimum absolute atomic E-state index is 0.0260. The molecule has 6 nitrogen and oxygen atoms in total. The van der Waals surface area contributed by atoms with Crippen molar-refractivity contribution in [1.29, 1.82) is 0 Å². The molecule has 0 radical (unpaired) electrons. The van der Waals surface area contributed by atoms with E-state index >= 15 is 0 Å². The number of carbonyl (C=O) groups is 2. The third-order valence-corrected chi connectivity index (χ3v) is 6.89. The van der Waals surface area contributed by atoms with Crippen LogP contribution >= 0.6 is 0 Å². The summed E-state index contributed by atoms with van der Waals surface area (Å²) < 4.78 is 27.0. The van der Waals surface area contributed by atoms with Crippen LogP contribution in [0.3, 0.4) is 0 Å². The molecule has 2 amide bonds. The van der Waals surface area contributed by atoms with Gasteiger partial charge in [0.2, 0.25) is 21.8 Å². The molecular weight excluding hydrogens is 364 g/mol. The first-order valence-electron chi connectivity index (χ1n) is 8.89. The molecule has 27 heavy (non-hydrogen) atoms. The Hall–Kier alpha value is -2.51. The van der Waals surface area contributed by atoms with Gasteiger partial charge in [-0.25, -0.2) is 8.42 Å². The summed E-state index contributed by atoms with van der Waals surface area (Å²) in [7, 11) is -3.43.